The van der Waals surface area contributed by atoms with Gasteiger partial charge in [-0.05, 0) is 38.7 Å². The van der Waals surface area contributed by atoms with E-state index in [-0.39, 0.29) is 11.5 Å². The van der Waals surface area contributed by atoms with Gasteiger partial charge >= 0.3 is 0 Å². The average molecular weight is 376 g/mol. The standard InChI is InChI=1S/C21H33N3O3/c1-3-22-20(23-12-6-13-27-17-9-14-26-15-17)24-16-21(10-11-21)18-7-4-5-8-19(18)25-2/h4-5,7-8,17H,3,6,9-16H2,1-2H3,(H2,22,23,24). The average Bonchev–Trinajstić information content (AvgIpc) is 3.31. The van der Waals surface area contributed by atoms with E-state index in [2.05, 4.69) is 29.7 Å². The van der Waals surface area contributed by atoms with Crippen molar-refractivity contribution < 1.29 is 14.2 Å². The zero-order valence-corrected chi connectivity index (χ0v) is 16.6. The maximum atomic E-state index is 5.81. The summed E-state index contributed by atoms with van der Waals surface area (Å²) < 4.78 is 16.7. The second-order valence-electron chi connectivity index (χ2n) is 7.31. The molecule has 0 radical (unpaired) electrons. The molecule has 6 heteroatoms. The number of methoxy groups -OCH3 is 1. The zero-order valence-electron chi connectivity index (χ0n) is 16.6. The molecule has 1 aliphatic carbocycles. The van der Waals surface area contributed by atoms with Crippen molar-refractivity contribution in [2.24, 2.45) is 4.99 Å². The van der Waals surface area contributed by atoms with Crippen LogP contribution in [0.4, 0.5) is 0 Å². The van der Waals surface area contributed by atoms with Crippen LogP contribution in [-0.4, -0.2) is 58.6 Å². The van der Waals surface area contributed by atoms with Crippen LogP contribution in [0.25, 0.3) is 0 Å². The third-order valence-corrected chi connectivity index (χ3v) is 5.27. The molecule has 0 aromatic heterocycles. The largest absolute Gasteiger partial charge is 0.496 e. The fraction of sp³-hybridized carbons (Fsp3) is 0.667. The molecule has 1 aromatic carbocycles. The molecule has 0 spiro atoms. The first-order valence-electron chi connectivity index (χ1n) is 10.1. The number of rotatable bonds is 10. The van der Waals surface area contributed by atoms with Gasteiger partial charge in [-0.1, -0.05) is 18.2 Å². The quantitative estimate of drug-likeness (QED) is 0.374. The monoisotopic (exact) mass is 375 g/mol. The molecule has 150 valence electrons. The van der Waals surface area contributed by atoms with Crippen LogP contribution in [-0.2, 0) is 14.9 Å². The molecule has 1 aliphatic heterocycles. The molecule has 6 nitrogen and oxygen atoms in total. The van der Waals surface area contributed by atoms with Gasteiger partial charge in [0, 0.05) is 37.3 Å². The van der Waals surface area contributed by atoms with Crippen LogP contribution in [0.1, 0.15) is 38.2 Å². The van der Waals surface area contributed by atoms with Gasteiger partial charge in [0.05, 0.1) is 26.4 Å². The summed E-state index contributed by atoms with van der Waals surface area (Å²) in [5, 5.41) is 6.76. The van der Waals surface area contributed by atoms with Crippen molar-refractivity contribution in [2.75, 3.05) is 46.6 Å². The fourth-order valence-electron chi connectivity index (χ4n) is 3.49. The molecule has 0 bridgehead atoms. The second kappa shape index (κ2) is 9.95. The highest BCUT2D eigenvalue weighted by atomic mass is 16.5. The number of aliphatic imine (C=N–C) groups is 1. The number of benzene rings is 1. The second-order valence-corrected chi connectivity index (χ2v) is 7.31. The lowest BCUT2D eigenvalue weighted by Gasteiger charge is -2.18. The fourth-order valence-corrected chi connectivity index (χ4v) is 3.49. The first-order chi connectivity index (χ1) is 13.3. The summed E-state index contributed by atoms with van der Waals surface area (Å²) in [5.74, 6) is 1.85. The highest BCUT2D eigenvalue weighted by molar-refractivity contribution is 5.79. The Morgan fingerprint density at radius 1 is 1.30 bits per heavy atom. The van der Waals surface area contributed by atoms with Gasteiger partial charge in [-0.3, -0.25) is 4.99 Å². The maximum absolute atomic E-state index is 5.81. The van der Waals surface area contributed by atoms with Gasteiger partial charge < -0.3 is 24.8 Å². The minimum atomic E-state index is 0.126. The van der Waals surface area contributed by atoms with Gasteiger partial charge in [-0.2, -0.15) is 0 Å². The molecule has 1 saturated heterocycles. The predicted molar refractivity (Wildman–Crippen MR) is 108 cm³/mol. The zero-order chi connectivity index (χ0) is 19.0. The molecule has 3 rings (SSSR count). The van der Waals surface area contributed by atoms with E-state index in [1.807, 2.05) is 12.1 Å². The van der Waals surface area contributed by atoms with E-state index in [4.69, 9.17) is 19.2 Å². The van der Waals surface area contributed by atoms with Gasteiger partial charge in [0.2, 0.25) is 0 Å². The Hall–Kier alpha value is -1.79. The van der Waals surface area contributed by atoms with Crippen molar-refractivity contribution in [3.8, 4) is 5.75 Å². The van der Waals surface area contributed by atoms with Crippen LogP contribution in [0, 0.1) is 0 Å². The third kappa shape index (κ3) is 5.59. The van der Waals surface area contributed by atoms with Crippen LogP contribution >= 0.6 is 0 Å². The van der Waals surface area contributed by atoms with Gasteiger partial charge in [0.15, 0.2) is 5.96 Å². The lowest BCUT2D eigenvalue weighted by molar-refractivity contribution is 0.0420. The first-order valence-corrected chi connectivity index (χ1v) is 10.1. The van der Waals surface area contributed by atoms with Crippen molar-refractivity contribution >= 4 is 5.96 Å². The van der Waals surface area contributed by atoms with E-state index >= 15 is 0 Å². The van der Waals surface area contributed by atoms with E-state index in [9.17, 15) is 0 Å². The van der Waals surface area contributed by atoms with E-state index in [0.717, 1.165) is 76.8 Å². The number of para-hydroxylation sites is 1. The Kier molecular flexibility index (Phi) is 7.35. The smallest absolute Gasteiger partial charge is 0.191 e. The van der Waals surface area contributed by atoms with Gasteiger partial charge in [-0.15, -0.1) is 0 Å². The van der Waals surface area contributed by atoms with Gasteiger partial charge in [0.1, 0.15) is 5.75 Å². The first kappa shape index (κ1) is 20.0. The normalized spacial score (nSPS) is 21.1. The minimum absolute atomic E-state index is 0.126. The molecular formula is C21H33N3O3. The maximum Gasteiger partial charge on any atom is 0.191 e. The Labute approximate surface area is 162 Å². The van der Waals surface area contributed by atoms with E-state index < -0.39 is 0 Å². The summed E-state index contributed by atoms with van der Waals surface area (Å²) in [6.07, 6.45) is 4.57. The Bertz CT molecular complexity index is 610. The van der Waals surface area contributed by atoms with Crippen molar-refractivity contribution in [1.82, 2.24) is 10.6 Å². The third-order valence-electron chi connectivity index (χ3n) is 5.27. The summed E-state index contributed by atoms with van der Waals surface area (Å²) in [4.78, 5) is 4.85. The predicted octanol–water partition coefficient (Wildman–Crippen LogP) is 2.48. The molecule has 1 unspecified atom stereocenters. The topological polar surface area (TPSA) is 64.1 Å². The molecular weight excluding hydrogens is 342 g/mol. The summed E-state index contributed by atoms with van der Waals surface area (Å²) >= 11 is 0. The number of nitrogens with zero attached hydrogens (tertiary/aromatic N) is 1. The van der Waals surface area contributed by atoms with Crippen LogP contribution in [0.3, 0.4) is 0 Å². The summed E-state index contributed by atoms with van der Waals surface area (Å²) in [6.45, 7) is 6.89. The lowest BCUT2D eigenvalue weighted by atomic mass is 9.95. The number of ether oxygens (including phenoxy) is 3. The SMILES string of the molecule is CCNC(=NCC1(c2ccccc2OC)CC1)NCCCOC1CCOC1. The number of nitrogens with one attached hydrogen (secondary N) is 2. The lowest BCUT2D eigenvalue weighted by Crippen LogP contribution is -2.38. The van der Waals surface area contributed by atoms with Gasteiger partial charge in [-0.25, -0.2) is 0 Å². The van der Waals surface area contributed by atoms with Crippen molar-refractivity contribution in [1.29, 1.82) is 0 Å². The molecule has 2 fully saturated rings. The number of guanidine groups is 1. The molecule has 2 aliphatic rings. The van der Waals surface area contributed by atoms with Crippen molar-refractivity contribution in [3.63, 3.8) is 0 Å². The molecule has 1 saturated carbocycles. The van der Waals surface area contributed by atoms with Crippen molar-refractivity contribution in [3.05, 3.63) is 29.8 Å². The Morgan fingerprint density at radius 2 is 2.15 bits per heavy atom. The number of hydrogen-bond acceptors (Lipinski definition) is 4. The van der Waals surface area contributed by atoms with Crippen LogP contribution in [0.5, 0.6) is 5.75 Å². The molecule has 1 aromatic rings. The van der Waals surface area contributed by atoms with Crippen LogP contribution in [0.15, 0.2) is 29.3 Å². The highest BCUT2D eigenvalue weighted by Crippen LogP contribution is 2.51. The number of hydrogen-bond donors (Lipinski definition) is 2. The van der Waals surface area contributed by atoms with E-state index in [1.54, 1.807) is 7.11 Å². The molecule has 0 amide bonds. The van der Waals surface area contributed by atoms with Crippen LogP contribution in [0.2, 0.25) is 0 Å². The summed E-state index contributed by atoms with van der Waals surface area (Å²) in [5.41, 5.74) is 1.40. The molecule has 1 heterocycles. The molecule has 27 heavy (non-hydrogen) atoms. The highest BCUT2D eigenvalue weighted by Gasteiger charge is 2.46. The molecule has 2 N–H and O–H groups in total. The minimum Gasteiger partial charge on any atom is -0.496 e. The Balaban J connectivity index is 1.48. The van der Waals surface area contributed by atoms with E-state index in [0.29, 0.717) is 0 Å². The Morgan fingerprint density at radius 3 is 2.85 bits per heavy atom. The molecule has 1 atom stereocenters. The van der Waals surface area contributed by atoms with Gasteiger partial charge in [0.25, 0.3) is 0 Å². The van der Waals surface area contributed by atoms with Crippen LogP contribution < -0.4 is 15.4 Å². The van der Waals surface area contributed by atoms with Crippen molar-refractivity contribution in [2.45, 2.75) is 44.1 Å². The summed E-state index contributed by atoms with van der Waals surface area (Å²) in [7, 11) is 1.74. The summed E-state index contributed by atoms with van der Waals surface area (Å²) in [6, 6.07) is 8.32. The van der Waals surface area contributed by atoms with E-state index in [1.165, 1.54) is 5.56 Å².